The Labute approximate surface area is 90.1 Å². The van der Waals surface area contributed by atoms with Gasteiger partial charge in [-0.05, 0) is 52.1 Å². The van der Waals surface area contributed by atoms with Crippen molar-refractivity contribution >= 4 is 11.4 Å². The van der Waals surface area contributed by atoms with Crippen LogP contribution in [0.5, 0.6) is 0 Å². The molecule has 3 nitrogen and oxygen atoms in total. The van der Waals surface area contributed by atoms with Crippen molar-refractivity contribution < 1.29 is 4.55 Å². The lowest BCUT2D eigenvalue weighted by molar-refractivity contribution is 0.383. The standard InChI is InChI=1S/C10H22N2OS/c1-10(2,14(11)13)8-9-4-3-6-12-7-5-9/h9,12H,3-8,11H2,1-2H3. The number of rotatable bonds is 3. The minimum Gasteiger partial charge on any atom is -0.598 e. The van der Waals surface area contributed by atoms with E-state index in [1.54, 1.807) is 0 Å². The van der Waals surface area contributed by atoms with Gasteiger partial charge in [-0.2, -0.15) is 5.14 Å². The van der Waals surface area contributed by atoms with Gasteiger partial charge < -0.3 is 9.87 Å². The van der Waals surface area contributed by atoms with Gasteiger partial charge in [0, 0.05) is 17.8 Å². The van der Waals surface area contributed by atoms with E-state index in [1.165, 1.54) is 19.3 Å². The largest absolute Gasteiger partial charge is 0.598 e. The summed E-state index contributed by atoms with van der Waals surface area (Å²) >= 11 is -1.20. The average molecular weight is 218 g/mol. The van der Waals surface area contributed by atoms with Crippen LogP contribution in [-0.4, -0.2) is 22.4 Å². The summed E-state index contributed by atoms with van der Waals surface area (Å²) in [7, 11) is 0. The van der Waals surface area contributed by atoms with Gasteiger partial charge in [0.15, 0.2) is 0 Å². The molecule has 0 spiro atoms. The highest BCUT2D eigenvalue weighted by molar-refractivity contribution is 7.90. The van der Waals surface area contributed by atoms with E-state index >= 15 is 0 Å². The zero-order valence-electron chi connectivity index (χ0n) is 9.21. The van der Waals surface area contributed by atoms with E-state index in [9.17, 15) is 4.55 Å². The SMILES string of the molecule is CC(C)(CC1CCCNCC1)[S+](N)[O-]. The molecule has 0 aromatic heterocycles. The molecule has 1 aliphatic heterocycles. The van der Waals surface area contributed by atoms with E-state index in [0.717, 1.165) is 19.5 Å². The predicted octanol–water partition coefficient (Wildman–Crippen LogP) is 1.17. The molecule has 1 heterocycles. The zero-order chi connectivity index (χ0) is 10.6. The first-order valence-electron chi connectivity index (χ1n) is 5.39. The molecule has 0 aliphatic carbocycles. The molecule has 0 aromatic rings. The first kappa shape index (κ1) is 12.3. The molecule has 1 rings (SSSR count). The van der Waals surface area contributed by atoms with Gasteiger partial charge in [-0.3, -0.25) is 0 Å². The molecule has 3 N–H and O–H groups in total. The lowest BCUT2D eigenvalue weighted by atomic mass is 9.90. The molecule has 1 aliphatic rings. The molecule has 2 atom stereocenters. The minimum atomic E-state index is -1.20. The van der Waals surface area contributed by atoms with Gasteiger partial charge in [-0.25, -0.2) is 0 Å². The van der Waals surface area contributed by atoms with Crippen molar-refractivity contribution in [2.45, 2.75) is 44.3 Å². The topological polar surface area (TPSA) is 61.1 Å². The monoisotopic (exact) mass is 218 g/mol. The number of nitrogens with two attached hydrogens (primary N) is 1. The van der Waals surface area contributed by atoms with Gasteiger partial charge in [-0.15, -0.1) is 0 Å². The summed E-state index contributed by atoms with van der Waals surface area (Å²) in [6, 6.07) is 0. The fourth-order valence-corrected chi connectivity index (χ4v) is 2.47. The molecule has 0 aromatic carbocycles. The second-order valence-corrected chi connectivity index (χ2v) is 6.51. The van der Waals surface area contributed by atoms with E-state index < -0.39 is 11.4 Å². The van der Waals surface area contributed by atoms with Gasteiger partial charge in [0.25, 0.3) is 0 Å². The summed E-state index contributed by atoms with van der Waals surface area (Å²) in [6.07, 6.45) is 4.66. The summed E-state index contributed by atoms with van der Waals surface area (Å²) < 4.78 is 11.1. The van der Waals surface area contributed by atoms with Crippen molar-refractivity contribution in [1.29, 1.82) is 0 Å². The first-order valence-corrected chi connectivity index (χ1v) is 6.60. The van der Waals surface area contributed by atoms with Crippen LogP contribution in [0, 0.1) is 5.92 Å². The third kappa shape index (κ3) is 3.77. The summed E-state index contributed by atoms with van der Waals surface area (Å²) in [5, 5.41) is 8.87. The Balaban J connectivity index is 2.41. The van der Waals surface area contributed by atoms with Gasteiger partial charge in [0.05, 0.1) is 0 Å². The third-order valence-corrected chi connectivity index (χ3v) is 4.28. The highest BCUT2D eigenvalue weighted by Crippen LogP contribution is 2.28. The fourth-order valence-electron chi connectivity index (χ4n) is 2.07. The third-order valence-electron chi connectivity index (χ3n) is 3.02. The molecule has 0 bridgehead atoms. The van der Waals surface area contributed by atoms with E-state index in [2.05, 4.69) is 5.32 Å². The highest BCUT2D eigenvalue weighted by atomic mass is 32.2. The molecule has 0 saturated carbocycles. The fraction of sp³-hybridized carbons (Fsp3) is 1.00. The Bertz CT molecular complexity index is 166. The van der Waals surface area contributed by atoms with Crippen LogP contribution in [0.2, 0.25) is 0 Å². The summed E-state index contributed by atoms with van der Waals surface area (Å²) in [5.74, 6) is 0.687. The summed E-state index contributed by atoms with van der Waals surface area (Å²) in [6.45, 7) is 6.23. The van der Waals surface area contributed by atoms with Crippen LogP contribution in [0.15, 0.2) is 0 Å². The maximum atomic E-state index is 11.3. The summed E-state index contributed by atoms with van der Waals surface area (Å²) in [5.41, 5.74) is 0. The quantitative estimate of drug-likeness (QED) is 0.699. The average Bonchev–Trinajstić information content (AvgIpc) is 2.32. The molecule has 84 valence electrons. The van der Waals surface area contributed by atoms with Crippen molar-refractivity contribution in [2.75, 3.05) is 13.1 Å². The van der Waals surface area contributed by atoms with Crippen LogP contribution in [0.3, 0.4) is 0 Å². The number of nitrogens with one attached hydrogen (secondary N) is 1. The molecule has 14 heavy (non-hydrogen) atoms. The summed E-state index contributed by atoms with van der Waals surface area (Å²) in [4.78, 5) is 0. The van der Waals surface area contributed by atoms with Gasteiger partial charge in [-0.1, -0.05) is 0 Å². The lowest BCUT2D eigenvalue weighted by Crippen LogP contribution is -2.39. The molecule has 0 amide bonds. The van der Waals surface area contributed by atoms with Crippen LogP contribution in [0.4, 0.5) is 0 Å². The smallest absolute Gasteiger partial charge is 0.139 e. The van der Waals surface area contributed by atoms with Gasteiger partial charge in [0.1, 0.15) is 4.75 Å². The molecule has 4 heteroatoms. The predicted molar refractivity (Wildman–Crippen MR) is 61.2 cm³/mol. The Morgan fingerprint density at radius 3 is 2.79 bits per heavy atom. The Hall–Kier alpha value is 0.230. The Morgan fingerprint density at radius 2 is 2.14 bits per heavy atom. The van der Waals surface area contributed by atoms with Crippen LogP contribution < -0.4 is 10.5 Å². The second kappa shape index (κ2) is 5.35. The van der Waals surface area contributed by atoms with Gasteiger partial charge in [0.2, 0.25) is 0 Å². The molecule has 1 saturated heterocycles. The van der Waals surface area contributed by atoms with Crippen LogP contribution in [0.1, 0.15) is 39.5 Å². The van der Waals surface area contributed by atoms with Crippen LogP contribution in [-0.2, 0) is 11.4 Å². The maximum Gasteiger partial charge on any atom is 0.139 e. The van der Waals surface area contributed by atoms with E-state index in [4.69, 9.17) is 5.14 Å². The van der Waals surface area contributed by atoms with Crippen LogP contribution in [0.25, 0.3) is 0 Å². The van der Waals surface area contributed by atoms with Crippen LogP contribution >= 0.6 is 0 Å². The molecule has 0 radical (unpaired) electrons. The first-order chi connectivity index (χ1) is 6.52. The van der Waals surface area contributed by atoms with Crippen molar-refractivity contribution in [3.8, 4) is 0 Å². The van der Waals surface area contributed by atoms with E-state index in [0.29, 0.717) is 5.92 Å². The highest BCUT2D eigenvalue weighted by Gasteiger charge is 2.33. The van der Waals surface area contributed by atoms with Crippen molar-refractivity contribution in [1.82, 2.24) is 5.32 Å². The zero-order valence-corrected chi connectivity index (χ0v) is 10.0. The molecular weight excluding hydrogens is 196 g/mol. The molecular formula is C10H22N2OS. The number of hydrogen-bond donors (Lipinski definition) is 2. The number of hydrogen-bond acceptors (Lipinski definition) is 3. The van der Waals surface area contributed by atoms with Crippen molar-refractivity contribution in [3.05, 3.63) is 0 Å². The van der Waals surface area contributed by atoms with Crippen molar-refractivity contribution in [3.63, 3.8) is 0 Å². The van der Waals surface area contributed by atoms with E-state index in [-0.39, 0.29) is 4.75 Å². The van der Waals surface area contributed by atoms with E-state index in [1.807, 2.05) is 13.8 Å². The molecule has 1 fully saturated rings. The maximum absolute atomic E-state index is 11.3. The second-order valence-electron chi connectivity index (χ2n) is 4.81. The van der Waals surface area contributed by atoms with Gasteiger partial charge >= 0.3 is 0 Å². The lowest BCUT2D eigenvalue weighted by Gasteiger charge is -2.28. The Morgan fingerprint density at radius 1 is 1.43 bits per heavy atom. The Kier molecular flexibility index (Phi) is 4.70. The normalized spacial score (nSPS) is 27.0. The van der Waals surface area contributed by atoms with Crippen molar-refractivity contribution in [2.24, 2.45) is 11.1 Å². The molecule has 2 unspecified atom stereocenters. The minimum absolute atomic E-state index is 0.227.